The van der Waals surface area contributed by atoms with Gasteiger partial charge < -0.3 is 20.1 Å². The molecular formula is C13H28N2O2. The van der Waals surface area contributed by atoms with E-state index in [-0.39, 0.29) is 0 Å². The molecule has 1 rings (SSSR count). The van der Waals surface area contributed by atoms with Crippen molar-refractivity contribution in [2.45, 2.75) is 25.7 Å². The number of aliphatic hydroxyl groups excluding tert-OH is 1. The lowest BCUT2D eigenvalue weighted by molar-refractivity contribution is 0.119. The van der Waals surface area contributed by atoms with Crippen LogP contribution in [0.15, 0.2) is 0 Å². The number of nitrogens with zero attached hydrogens (tertiary/aromatic N) is 1. The second-order valence-electron chi connectivity index (χ2n) is 5.35. The van der Waals surface area contributed by atoms with Gasteiger partial charge in [-0.25, -0.2) is 0 Å². The lowest BCUT2D eigenvalue weighted by Gasteiger charge is -2.32. The van der Waals surface area contributed by atoms with E-state index in [0.717, 1.165) is 52.1 Å². The maximum absolute atomic E-state index is 8.73. The molecule has 1 saturated heterocycles. The Kier molecular flexibility index (Phi) is 7.04. The predicted octanol–water partition coefficient (Wildman–Crippen LogP) is 0.707. The standard InChI is InChI=1S/C13H28N2O2/c1-14-10-13(6-9-17-12-13)11-15(2)7-4-3-5-8-16/h14,16H,3-12H2,1-2H3. The highest BCUT2D eigenvalue weighted by Gasteiger charge is 2.35. The molecule has 0 saturated carbocycles. The van der Waals surface area contributed by atoms with Crippen LogP contribution in [0.3, 0.4) is 0 Å². The third kappa shape index (κ3) is 5.34. The summed E-state index contributed by atoms with van der Waals surface area (Å²) in [4.78, 5) is 2.41. The Balaban J connectivity index is 2.24. The van der Waals surface area contributed by atoms with E-state index in [1.54, 1.807) is 0 Å². The van der Waals surface area contributed by atoms with E-state index in [4.69, 9.17) is 9.84 Å². The van der Waals surface area contributed by atoms with Crippen molar-refractivity contribution in [1.29, 1.82) is 0 Å². The van der Waals surface area contributed by atoms with Crippen LogP contribution in [-0.4, -0.2) is 63.6 Å². The van der Waals surface area contributed by atoms with Crippen molar-refractivity contribution >= 4 is 0 Å². The summed E-state index contributed by atoms with van der Waals surface area (Å²) in [5.74, 6) is 0. The Morgan fingerprint density at radius 3 is 2.76 bits per heavy atom. The Morgan fingerprint density at radius 1 is 1.35 bits per heavy atom. The molecule has 1 heterocycles. The first-order chi connectivity index (χ1) is 8.22. The quantitative estimate of drug-likeness (QED) is 0.586. The van der Waals surface area contributed by atoms with Crippen molar-refractivity contribution in [2.75, 3.05) is 53.6 Å². The molecular weight excluding hydrogens is 216 g/mol. The average molecular weight is 244 g/mol. The first-order valence-corrected chi connectivity index (χ1v) is 6.74. The summed E-state index contributed by atoms with van der Waals surface area (Å²) in [6.45, 7) is 5.36. The lowest BCUT2D eigenvalue weighted by atomic mass is 9.86. The molecule has 0 radical (unpaired) electrons. The van der Waals surface area contributed by atoms with Gasteiger partial charge in [-0.1, -0.05) is 0 Å². The molecule has 4 heteroatoms. The van der Waals surface area contributed by atoms with Crippen molar-refractivity contribution < 1.29 is 9.84 Å². The maximum Gasteiger partial charge on any atom is 0.0547 e. The third-order valence-electron chi connectivity index (χ3n) is 3.54. The molecule has 0 amide bonds. The second-order valence-corrected chi connectivity index (χ2v) is 5.35. The highest BCUT2D eigenvalue weighted by Crippen LogP contribution is 2.28. The summed E-state index contributed by atoms with van der Waals surface area (Å²) in [6, 6.07) is 0. The third-order valence-corrected chi connectivity index (χ3v) is 3.54. The molecule has 0 aromatic rings. The van der Waals surface area contributed by atoms with Gasteiger partial charge in [0.2, 0.25) is 0 Å². The Hall–Kier alpha value is -0.160. The Bertz CT molecular complexity index is 194. The lowest BCUT2D eigenvalue weighted by Crippen LogP contribution is -2.43. The zero-order chi connectivity index (χ0) is 12.6. The molecule has 17 heavy (non-hydrogen) atoms. The van der Waals surface area contributed by atoms with Crippen LogP contribution in [0.2, 0.25) is 0 Å². The molecule has 0 spiro atoms. The molecule has 1 atom stereocenters. The summed E-state index contributed by atoms with van der Waals surface area (Å²) in [6.07, 6.45) is 4.39. The molecule has 0 aliphatic carbocycles. The van der Waals surface area contributed by atoms with Crippen LogP contribution in [-0.2, 0) is 4.74 Å². The fourth-order valence-electron chi connectivity index (χ4n) is 2.67. The maximum atomic E-state index is 8.73. The Morgan fingerprint density at radius 2 is 2.18 bits per heavy atom. The largest absolute Gasteiger partial charge is 0.396 e. The number of hydrogen-bond acceptors (Lipinski definition) is 4. The average Bonchev–Trinajstić information content (AvgIpc) is 2.73. The number of ether oxygens (including phenoxy) is 1. The second kappa shape index (κ2) is 8.03. The molecule has 0 aromatic heterocycles. The van der Waals surface area contributed by atoms with Gasteiger partial charge in [0.05, 0.1) is 6.61 Å². The van der Waals surface area contributed by atoms with E-state index in [1.165, 1.54) is 6.42 Å². The van der Waals surface area contributed by atoms with E-state index in [1.807, 2.05) is 7.05 Å². The molecule has 1 fully saturated rings. The number of unbranched alkanes of at least 4 members (excludes halogenated alkanes) is 2. The summed E-state index contributed by atoms with van der Waals surface area (Å²) >= 11 is 0. The summed E-state index contributed by atoms with van der Waals surface area (Å²) in [5, 5.41) is 12.0. The molecule has 102 valence electrons. The minimum absolute atomic E-state index is 0.306. The Labute approximate surface area is 105 Å². The normalized spacial score (nSPS) is 24.7. The number of aliphatic hydroxyl groups is 1. The predicted molar refractivity (Wildman–Crippen MR) is 70.2 cm³/mol. The van der Waals surface area contributed by atoms with E-state index in [0.29, 0.717) is 12.0 Å². The van der Waals surface area contributed by atoms with Gasteiger partial charge in [-0.2, -0.15) is 0 Å². The minimum Gasteiger partial charge on any atom is -0.396 e. The molecule has 4 nitrogen and oxygen atoms in total. The SMILES string of the molecule is CNCC1(CN(C)CCCCCO)CCOC1. The highest BCUT2D eigenvalue weighted by molar-refractivity contribution is 4.87. The van der Waals surface area contributed by atoms with Gasteiger partial charge >= 0.3 is 0 Å². The van der Waals surface area contributed by atoms with Crippen molar-refractivity contribution in [3.63, 3.8) is 0 Å². The van der Waals surface area contributed by atoms with Crippen LogP contribution in [0.25, 0.3) is 0 Å². The van der Waals surface area contributed by atoms with Crippen molar-refractivity contribution in [3.05, 3.63) is 0 Å². The van der Waals surface area contributed by atoms with Crippen LogP contribution in [0.1, 0.15) is 25.7 Å². The van der Waals surface area contributed by atoms with Crippen molar-refractivity contribution in [1.82, 2.24) is 10.2 Å². The number of rotatable bonds is 9. The topological polar surface area (TPSA) is 44.7 Å². The van der Waals surface area contributed by atoms with E-state index < -0.39 is 0 Å². The molecule has 1 aliphatic heterocycles. The van der Waals surface area contributed by atoms with Crippen LogP contribution in [0, 0.1) is 5.41 Å². The van der Waals surface area contributed by atoms with Gasteiger partial charge in [0.1, 0.15) is 0 Å². The zero-order valence-electron chi connectivity index (χ0n) is 11.4. The number of nitrogens with one attached hydrogen (secondary N) is 1. The molecule has 1 aliphatic rings. The fourth-order valence-corrected chi connectivity index (χ4v) is 2.67. The van der Waals surface area contributed by atoms with Crippen LogP contribution >= 0.6 is 0 Å². The first-order valence-electron chi connectivity index (χ1n) is 6.74. The monoisotopic (exact) mass is 244 g/mol. The van der Waals surface area contributed by atoms with Gasteiger partial charge in [0, 0.05) is 31.7 Å². The molecule has 0 aromatic carbocycles. The smallest absolute Gasteiger partial charge is 0.0547 e. The zero-order valence-corrected chi connectivity index (χ0v) is 11.4. The fraction of sp³-hybridized carbons (Fsp3) is 1.00. The molecule has 2 N–H and O–H groups in total. The van der Waals surface area contributed by atoms with Crippen LogP contribution < -0.4 is 5.32 Å². The summed E-state index contributed by atoms with van der Waals surface area (Å²) in [5.41, 5.74) is 0.306. The van der Waals surface area contributed by atoms with Crippen LogP contribution in [0.4, 0.5) is 0 Å². The van der Waals surface area contributed by atoms with Gasteiger partial charge in [0.15, 0.2) is 0 Å². The highest BCUT2D eigenvalue weighted by atomic mass is 16.5. The van der Waals surface area contributed by atoms with Crippen molar-refractivity contribution in [2.24, 2.45) is 5.41 Å². The van der Waals surface area contributed by atoms with Gasteiger partial charge in [0.25, 0.3) is 0 Å². The van der Waals surface area contributed by atoms with Gasteiger partial charge in [-0.15, -0.1) is 0 Å². The summed E-state index contributed by atoms with van der Waals surface area (Å²) in [7, 11) is 4.20. The van der Waals surface area contributed by atoms with E-state index >= 15 is 0 Å². The van der Waals surface area contributed by atoms with Gasteiger partial charge in [-0.05, 0) is 46.3 Å². The molecule has 0 bridgehead atoms. The minimum atomic E-state index is 0.306. The van der Waals surface area contributed by atoms with Gasteiger partial charge in [-0.3, -0.25) is 0 Å². The van der Waals surface area contributed by atoms with Crippen LogP contribution in [0.5, 0.6) is 0 Å². The van der Waals surface area contributed by atoms with E-state index in [2.05, 4.69) is 17.3 Å². The first kappa shape index (κ1) is 14.9. The van der Waals surface area contributed by atoms with Crippen molar-refractivity contribution in [3.8, 4) is 0 Å². The van der Waals surface area contributed by atoms with E-state index in [9.17, 15) is 0 Å². The molecule has 1 unspecified atom stereocenters. The summed E-state index contributed by atoms with van der Waals surface area (Å²) < 4.78 is 5.56. The number of hydrogen-bond donors (Lipinski definition) is 2.